The lowest BCUT2D eigenvalue weighted by molar-refractivity contribution is 0.668. The van der Waals surface area contributed by atoms with Crippen molar-refractivity contribution in [1.82, 2.24) is 0 Å². The Kier molecular flexibility index (Phi) is 9.24. The summed E-state index contributed by atoms with van der Waals surface area (Å²) in [5, 5.41) is 4.45. The van der Waals surface area contributed by atoms with E-state index in [0.29, 0.717) is 0 Å². The van der Waals surface area contributed by atoms with Gasteiger partial charge in [-0.25, -0.2) is 0 Å². The predicted octanol–water partition coefficient (Wildman–Crippen LogP) is 17.6. The van der Waals surface area contributed by atoms with Crippen LogP contribution in [-0.4, -0.2) is 0 Å². The second kappa shape index (κ2) is 15.7. The van der Waals surface area contributed by atoms with Crippen molar-refractivity contribution in [2.24, 2.45) is 0 Å². The van der Waals surface area contributed by atoms with E-state index in [9.17, 15) is 0 Å². The van der Waals surface area contributed by atoms with Crippen molar-refractivity contribution in [3.05, 3.63) is 249 Å². The summed E-state index contributed by atoms with van der Waals surface area (Å²) in [6, 6.07) is 89.4. The van der Waals surface area contributed by atoms with Gasteiger partial charge in [0.2, 0.25) is 0 Å². The monoisotopic (exact) mass is 839 g/mol. The molecular weight excluding hydrogens is 799 g/mol. The third kappa shape index (κ3) is 6.30. The summed E-state index contributed by atoms with van der Waals surface area (Å²) in [4.78, 5) is 7.53. The highest BCUT2D eigenvalue weighted by Crippen LogP contribution is 2.73. The number of hydrogen-bond acceptors (Lipinski definition) is 3. The quantitative estimate of drug-likeness (QED) is 0.145. The zero-order chi connectivity index (χ0) is 42.5. The van der Waals surface area contributed by atoms with Crippen molar-refractivity contribution < 1.29 is 8.83 Å². The zero-order valence-electron chi connectivity index (χ0n) is 34.8. The van der Waals surface area contributed by atoms with Gasteiger partial charge in [0.05, 0.1) is 5.69 Å². The lowest BCUT2D eigenvalue weighted by Crippen LogP contribution is -2.10. The maximum Gasteiger partial charge on any atom is 0.159 e. The Labute approximate surface area is 373 Å². The molecule has 0 saturated heterocycles. The average molecular weight is 840 g/mol. The summed E-state index contributed by atoms with van der Waals surface area (Å²) >= 11 is 0. The van der Waals surface area contributed by atoms with Gasteiger partial charge in [-0.3, -0.25) is 0 Å². The number of para-hydroxylation sites is 3. The smallest absolute Gasteiger partial charge is 0.159 e. The summed E-state index contributed by atoms with van der Waals surface area (Å²) < 4.78 is 12.9. The zero-order valence-corrected chi connectivity index (χ0v) is 35.7. The molecule has 0 spiro atoms. The first-order chi connectivity index (χ1) is 31.7. The van der Waals surface area contributed by atoms with Gasteiger partial charge in [-0.1, -0.05) is 146 Å². The van der Waals surface area contributed by atoms with Crippen molar-refractivity contribution in [1.29, 1.82) is 0 Å². The second-order valence-corrected chi connectivity index (χ2v) is 19.2. The summed E-state index contributed by atoms with van der Waals surface area (Å²) in [6.07, 6.45) is 0. The standard InChI is InChI=1S/C60H41NO2S/c1-4-15-48(16-5-1)64(49-17-6-2-7-18-49,50-19-8-3-9-20-50)51-38-31-43(32-39-51)42-27-34-46(35-28-42)61(56-24-14-23-55-53-22-11-13-26-58(53)63-60(55)56)47-36-29-44(30-37-47)45-33-40-54-52-21-10-12-25-57(52)62-59(54)41-45/h1-41H. The molecule has 12 aromatic rings. The fourth-order valence-corrected chi connectivity index (χ4v) is 13.3. The highest BCUT2D eigenvalue weighted by atomic mass is 32.3. The van der Waals surface area contributed by atoms with Crippen molar-refractivity contribution >= 4 is 71.0 Å². The van der Waals surface area contributed by atoms with Crippen LogP contribution in [0, 0.1) is 0 Å². The Bertz CT molecular complexity index is 3480. The van der Waals surface area contributed by atoms with E-state index in [2.05, 4.69) is 229 Å². The largest absolute Gasteiger partial charge is 0.456 e. The molecule has 0 amide bonds. The number of furan rings is 2. The second-order valence-electron chi connectivity index (χ2n) is 16.1. The van der Waals surface area contributed by atoms with Gasteiger partial charge < -0.3 is 13.7 Å². The van der Waals surface area contributed by atoms with Gasteiger partial charge in [-0.05, 0) is 125 Å². The molecule has 0 unspecified atom stereocenters. The minimum Gasteiger partial charge on any atom is -0.456 e. The molecule has 64 heavy (non-hydrogen) atoms. The fourth-order valence-electron chi connectivity index (χ4n) is 9.39. The maximum absolute atomic E-state index is 6.64. The molecule has 10 aromatic carbocycles. The van der Waals surface area contributed by atoms with Crippen LogP contribution >= 0.6 is 10.0 Å². The Morgan fingerprint density at radius 3 is 1.25 bits per heavy atom. The molecule has 0 aliphatic rings. The molecule has 4 heteroatoms. The van der Waals surface area contributed by atoms with Gasteiger partial charge in [-0.2, -0.15) is 0 Å². The van der Waals surface area contributed by atoms with Crippen molar-refractivity contribution in [2.75, 3.05) is 4.90 Å². The molecule has 0 N–H and O–H groups in total. The minimum absolute atomic E-state index is 0.851. The van der Waals surface area contributed by atoms with E-state index in [4.69, 9.17) is 8.83 Å². The molecule has 0 bridgehead atoms. The Hall–Kier alpha value is -8.05. The van der Waals surface area contributed by atoms with E-state index in [1.54, 1.807) is 0 Å². The summed E-state index contributed by atoms with van der Waals surface area (Å²) in [5.41, 5.74) is 11.1. The molecule has 12 rings (SSSR count). The molecule has 304 valence electrons. The Morgan fingerprint density at radius 1 is 0.281 bits per heavy atom. The van der Waals surface area contributed by atoms with E-state index in [1.807, 2.05) is 24.3 Å². The van der Waals surface area contributed by atoms with Gasteiger partial charge >= 0.3 is 0 Å². The molecule has 0 saturated carbocycles. The van der Waals surface area contributed by atoms with Crippen LogP contribution in [0.3, 0.4) is 0 Å². The highest BCUT2D eigenvalue weighted by molar-refractivity contribution is 8.34. The first-order valence-corrected chi connectivity index (χ1v) is 23.3. The molecule has 2 heterocycles. The third-order valence-electron chi connectivity index (χ3n) is 12.4. The van der Waals surface area contributed by atoms with E-state index in [-0.39, 0.29) is 0 Å². The Balaban J connectivity index is 0.936. The number of nitrogens with zero attached hydrogens (tertiary/aromatic N) is 1. The van der Waals surface area contributed by atoms with Gasteiger partial charge in [0.1, 0.15) is 16.7 Å². The first kappa shape index (κ1) is 37.7. The van der Waals surface area contributed by atoms with Crippen LogP contribution in [0.25, 0.3) is 66.1 Å². The number of hydrogen-bond donors (Lipinski definition) is 0. The average Bonchev–Trinajstić information content (AvgIpc) is 3.95. The van der Waals surface area contributed by atoms with E-state index in [0.717, 1.165) is 83.2 Å². The topological polar surface area (TPSA) is 29.5 Å². The van der Waals surface area contributed by atoms with Gasteiger partial charge in [-0.15, -0.1) is 10.0 Å². The molecule has 0 radical (unpaired) electrons. The first-order valence-electron chi connectivity index (χ1n) is 21.6. The highest BCUT2D eigenvalue weighted by Gasteiger charge is 2.33. The van der Waals surface area contributed by atoms with Crippen LogP contribution in [0.15, 0.2) is 277 Å². The number of anilines is 3. The van der Waals surface area contributed by atoms with Crippen LogP contribution in [0.4, 0.5) is 17.1 Å². The van der Waals surface area contributed by atoms with E-state index >= 15 is 0 Å². The number of fused-ring (bicyclic) bond motifs is 6. The van der Waals surface area contributed by atoms with Crippen molar-refractivity contribution in [2.45, 2.75) is 19.6 Å². The molecule has 3 nitrogen and oxygen atoms in total. The van der Waals surface area contributed by atoms with Crippen LogP contribution < -0.4 is 4.90 Å². The van der Waals surface area contributed by atoms with E-state index in [1.165, 1.54) is 19.6 Å². The minimum atomic E-state index is -1.77. The van der Waals surface area contributed by atoms with Crippen LogP contribution in [0.1, 0.15) is 0 Å². The van der Waals surface area contributed by atoms with Crippen molar-refractivity contribution in [3.63, 3.8) is 0 Å². The van der Waals surface area contributed by atoms with Gasteiger partial charge in [0.25, 0.3) is 0 Å². The van der Waals surface area contributed by atoms with E-state index < -0.39 is 10.0 Å². The number of rotatable bonds is 9. The van der Waals surface area contributed by atoms with Gasteiger partial charge in [0.15, 0.2) is 5.58 Å². The fraction of sp³-hybridized carbons (Fsp3) is 0. The number of benzene rings is 10. The predicted molar refractivity (Wildman–Crippen MR) is 267 cm³/mol. The third-order valence-corrected chi connectivity index (χ3v) is 16.3. The maximum atomic E-state index is 6.64. The summed E-state index contributed by atoms with van der Waals surface area (Å²) in [6.45, 7) is 0. The van der Waals surface area contributed by atoms with Crippen molar-refractivity contribution in [3.8, 4) is 22.3 Å². The van der Waals surface area contributed by atoms with Crippen LogP contribution in [-0.2, 0) is 0 Å². The van der Waals surface area contributed by atoms with Gasteiger partial charge in [0, 0.05) is 52.5 Å². The molecule has 0 fully saturated rings. The van der Waals surface area contributed by atoms with Crippen LogP contribution in [0.2, 0.25) is 0 Å². The molecule has 2 aromatic heterocycles. The summed E-state index contributed by atoms with van der Waals surface area (Å²) in [5.74, 6) is 0. The SMILES string of the molecule is c1ccc(S(c2ccccc2)(c2ccccc2)c2ccc(-c3ccc(N(c4ccc(-c5ccc6c(c5)oc5ccccc56)cc4)c4cccc5c4oc4ccccc45)cc3)cc2)cc1. The lowest BCUT2D eigenvalue weighted by Gasteiger charge is -2.42. The molecule has 0 aliphatic carbocycles. The molecular formula is C60H41NO2S. The molecule has 0 aliphatic heterocycles. The molecule has 0 atom stereocenters. The van der Waals surface area contributed by atoms with Crippen LogP contribution in [0.5, 0.6) is 0 Å². The summed E-state index contributed by atoms with van der Waals surface area (Å²) in [7, 11) is -1.77. The Morgan fingerprint density at radius 2 is 0.688 bits per heavy atom. The lowest BCUT2D eigenvalue weighted by atomic mass is 10.0. The normalized spacial score (nSPS) is 12.0.